The van der Waals surface area contributed by atoms with Crippen LogP contribution in [0, 0.1) is 6.92 Å². The van der Waals surface area contributed by atoms with Gasteiger partial charge in [0.2, 0.25) is 18.0 Å². The molecule has 5 rings (SSSR count). The largest absolute Gasteiger partial charge is 0.490 e. The number of fused-ring (bicyclic) bond motifs is 2. The maximum atomic E-state index is 13.3. The quantitative estimate of drug-likeness (QED) is 0.513. The Kier molecular flexibility index (Phi) is 3.98. The summed E-state index contributed by atoms with van der Waals surface area (Å²) < 4.78 is 22.6. The van der Waals surface area contributed by atoms with Crippen LogP contribution in [0.4, 0.5) is 0 Å². The van der Waals surface area contributed by atoms with Gasteiger partial charge >= 0.3 is 0 Å². The Hall–Kier alpha value is -3.80. The first-order chi connectivity index (χ1) is 14.2. The predicted octanol–water partition coefficient (Wildman–Crippen LogP) is 4.57. The molecule has 0 fully saturated rings. The van der Waals surface area contributed by atoms with Gasteiger partial charge in [-0.05, 0) is 48.9 Å². The number of pyridine rings is 1. The van der Waals surface area contributed by atoms with Crippen LogP contribution < -0.4 is 19.6 Å². The average Bonchev–Trinajstić information content (AvgIpc) is 3.22. The van der Waals surface area contributed by atoms with Crippen molar-refractivity contribution in [1.82, 2.24) is 4.98 Å². The number of ether oxygens (including phenoxy) is 3. The van der Waals surface area contributed by atoms with Crippen LogP contribution >= 0.6 is 0 Å². The molecule has 1 aliphatic rings. The molecular formula is C23H17NO5. The highest BCUT2D eigenvalue weighted by Gasteiger charge is 2.22. The third-order valence-corrected chi connectivity index (χ3v) is 4.91. The van der Waals surface area contributed by atoms with Crippen LogP contribution in [0.5, 0.6) is 17.2 Å². The lowest BCUT2D eigenvalue weighted by atomic mass is 10.0. The Morgan fingerprint density at radius 2 is 1.90 bits per heavy atom. The van der Waals surface area contributed by atoms with Gasteiger partial charge in [-0.1, -0.05) is 6.07 Å². The minimum absolute atomic E-state index is 0.152. The molecule has 0 spiro atoms. The number of aryl methyl sites for hydroxylation is 1. The molecule has 6 nitrogen and oxygen atoms in total. The minimum atomic E-state index is -0.227. The number of nitrogens with zero attached hydrogens (tertiary/aromatic N) is 1. The highest BCUT2D eigenvalue weighted by atomic mass is 16.7. The maximum absolute atomic E-state index is 13.3. The molecule has 0 amide bonds. The number of hydrogen-bond donors (Lipinski definition) is 0. The van der Waals surface area contributed by atoms with Crippen molar-refractivity contribution in [2.75, 3.05) is 13.9 Å². The summed E-state index contributed by atoms with van der Waals surface area (Å²) in [6.45, 7) is 2.11. The molecule has 0 atom stereocenters. The summed E-state index contributed by atoms with van der Waals surface area (Å²) in [4.78, 5) is 17.5. The summed E-state index contributed by atoms with van der Waals surface area (Å²) in [7, 11) is 1.46. The zero-order chi connectivity index (χ0) is 20.0. The summed E-state index contributed by atoms with van der Waals surface area (Å²) in [5.41, 5.74) is 3.54. The van der Waals surface area contributed by atoms with Crippen molar-refractivity contribution in [3.63, 3.8) is 0 Å². The van der Waals surface area contributed by atoms with Gasteiger partial charge in [0, 0.05) is 29.1 Å². The van der Waals surface area contributed by atoms with E-state index in [0.717, 1.165) is 16.7 Å². The van der Waals surface area contributed by atoms with E-state index >= 15 is 0 Å². The molecule has 1 aliphatic heterocycles. The van der Waals surface area contributed by atoms with E-state index in [1.165, 1.54) is 7.11 Å². The molecule has 4 aromatic rings. The van der Waals surface area contributed by atoms with Gasteiger partial charge in [-0.15, -0.1) is 0 Å². The second-order valence-corrected chi connectivity index (χ2v) is 6.79. The SMILES string of the molecule is COc1c(-c2ccc3c(c2)OCO3)oc2c(-c3cccnc3)cc(C)cc2c1=O. The Balaban J connectivity index is 1.83. The molecule has 0 saturated carbocycles. The van der Waals surface area contributed by atoms with Crippen molar-refractivity contribution in [3.05, 3.63) is 70.6 Å². The van der Waals surface area contributed by atoms with Gasteiger partial charge in [0.05, 0.1) is 12.5 Å². The van der Waals surface area contributed by atoms with Crippen molar-refractivity contribution < 1.29 is 18.6 Å². The van der Waals surface area contributed by atoms with Crippen molar-refractivity contribution in [1.29, 1.82) is 0 Å². The number of methoxy groups -OCH3 is 1. The summed E-state index contributed by atoms with van der Waals surface area (Å²) >= 11 is 0. The standard InChI is InChI=1S/C23H17NO5/c1-13-8-16(15-4-3-7-24-11-15)22-17(9-13)20(25)23(26-2)21(29-22)14-5-6-18-19(10-14)28-12-27-18/h3-11H,12H2,1-2H3. The summed E-state index contributed by atoms with van der Waals surface area (Å²) in [6.07, 6.45) is 3.46. The van der Waals surface area contributed by atoms with Crippen molar-refractivity contribution >= 4 is 11.0 Å². The average molecular weight is 387 g/mol. The van der Waals surface area contributed by atoms with Crippen LogP contribution in [0.2, 0.25) is 0 Å². The molecule has 144 valence electrons. The third kappa shape index (κ3) is 2.81. The minimum Gasteiger partial charge on any atom is -0.490 e. The van der Waals surface area contributed by atoms with Crippen LogP contribution in [-0.4, -0.2) is 18.9 Å². The second kappa shape index (κ2) is 6.67. The number of benzene rings is 2. The van der Waals surface area contributed by atoms with Crippen molar-refractivity contribution in [2.45, 2.75) is 6.92 Å². The monoisotopic (exact) mass is 387 g/mol. The smallest absolute Gasteiger partial charge is 0.235 e. The van der Waals surface area contributed by atoms with Gasteiger partial charge in [0.1, 0.15) is 5.58 Å². The molecule has 0 N–H and O–H groups in total. The van der Waals surface area contributed by atoms with Crippen LogP contribution in [0.1, 0.15) is 5.56 Å². The van der Waals surface area contributed by atoms with Crippen LogP contribution in [0.15, 0.2) is 64.1 Å². The first-order valence-electron chi connectivity index (χ1n) is 9.11. The van der Waals surface area contributed by atoms with E-state index in [9.17, 15) is 4.79 Å². The zero-order valence-corrected chi connectivity index (χ0v) is 15.9. The van der Waals surface area contributed by atoms with Gasteiger partial charge in [-0.3, -0.25) is 9.78 Å². The molecular weight excluding hydrogens is 370 g/mol. The Labute approximate surface area is 166 Å². The highest BCUT2D eigenvalue weighted by Crippen LogP contribution is 2.40. The molecule has 6 heteroatoms. The predicted molar refractivity (Wildman–Crippen MR) is 109 cm³/mol. The van der Waals surface area contributed by atoms with Gasteiger partial charge in [-0.2, -0.15) is 0 Å². The van der Waals surface area contributed by atoms with Crippen LogP contribution in [0.25, 0.3) is 33.4 Å². The molecule has 0 radical (unpaired) electrons. The fourth-order valence-electron chi connectivity index (χ4n) is 3.58. The number of hydrogen-bond acceptors (Lipinski definition) is 6. The van der Waals surface area contributed by atoms with E-state index in [1.54, 1.807) is 24.5 Å². The van der Waals surface area contributed by atoms with E-state index in [1.807, 2.05) is 37.3 Å². The fourth-order valence-corrected chi connectivity index (χ4v) is 3.58. The van der Waals surface area contributed by atoms with Crippen LogP contribution in [-0.2, 0) is 0 Å². The van der Waals surface area contributed by atoms with E-state index in [4.69, 9.17) is 18.6 Å². The number of aromatic nitrogens is 1. The summed E-state index contributed by atoms with van der Waals surface area (Å²) in [5, 5.41) is 0.463. The molecule has 0 saturated heterocycles. The molecule has 2 aromatic heterocycles. The molecule has 3 heterocycles. The van der Waals surface area contributed by atoms with Gasteiger partial charge < -0.3 is 18.6 Å². The van der Waals surface area contributed by atoms with Gasteiger partial charge in [-0.25, -0.2) is 0 Å². The third-order valence-electron chi connectivity index (χ3n) is 4.91. The zero-order valence-electron chi connectivity index (χ0n) is 15.9. The first kappa shape index (κ1) is 17.3. The molecule has 29 heavy (non-hydrogen) atoms. The number of rotatable bonds is 3. The van der Waals surface area contributed by atoms with Crippen molar-refractivity contribution in [2.24, 2.45) is 0 Å². The van der Waals surface area contributed by atoms with Gasteiger partial charge in [0.25, 0.3) is 0 Å². The summed E-state index contributed by atoms with van der Waals surface area (Å²) in [5.74, 6) is 1.75. The topological polar surface area (TPSA) is 70.8 Å². The Morgan fingerprint density at radius 3 is 2.69 bits per heavy atom. The lowest BCUT2D eigenvalue weighted by molar-refractivity contribution is 0.174. The molecule has 0 unspecified atom stereocenters. The van der Waals surface area contributed by atoms with Crippen LogP contribution in [0.3, 0.4) is 0 Å². The highest BCUT2D eigenvalue weighted by molar-refractivity contribution is 5.94. The van der Waals surface area contributed by atoms with E-state index in [0.29, 0.717) is 33.8 Å². The van der Waals surface area contributed by atoms with E-state index in [-0.39, 0.29) is 18.0 Å². The molecule has 2 aromatic carbocycles. The lowest BCUT2D eigenvalue weighted by Gasteiger charge is -2.13. The second-order valence-electron chi connectivity index (χ2n) is 6.79. The molecule has 0 aliphatic carbocycles. The normalized spacial score (nSPS) is 12.3. The maximum Gasteiger partial charge on any atom is 0.235 e. The van der Waals surface area contributed by atoms with E-state index < -0.39 is 0 Å². The Morgan fingerprint density at radius 1 is 1.03 bits per heavy atom. The Bertz CT molecular complexity index is 1290. The first-order valence-corrected chi connectivity index (χ1v) is 9.11. The van der Waals surface area contributed by atoms with E-state index in [2.05, 4.69) is 4.98 Å². The molecule has 0 bridgehead atoms. The fraction of sp³-hybridized carbons (Fsp3) is 0.130. The summed E-state index contributed by atoms with van der Waals surface area (Å²) in [6, 6.07) is 13.0. The lowest BCUT2D eigenvalue weighted by Crippen LogP contribution is -2.08. The van der Waals surface area contributed by atoms with Crippen molar-refractivity contribution in [3.8, 4) is 39.7 Å². The van der Waals surface area contributed by atoms with Gasteiger partial charge in [0.15, 0.2) is 17.3 Å².